The Balaban J connectivity index is 1.72. The fraction of sp³-hybridized carbons (Fsp3) is 0.455. The van der Waals surface area contributed by atoms with Crippen molar-refractivity contribution in [1.29, 1.82) is 0 Å². The van der Waals surface area contributed by atoms with Gasteiger partial charge in [-0.3, -0.25) is 0 Å². The third-order valence-corrected chi connectivity index (χ3v) is 5.58. The van der Waals surface area contributed by atoms with Crippen LogP contribution < -0.4 is 10.2 Å². The van der Waals surface area contributed by atoms with Gasteiger partial charge in [0.25, 0.3) is 0 Å². The van der Waals surface area contributed by atoms with Gasteiger partial charge in [0.05, 0.1) is 26.3 Å². The summed E-state index contributed by atoms with van der Waals surface area (Å²) in [6.45, 7) is 6.63. The summed E-state index contributed by atoms with van der Waals surface area (Å²) in [5.74, 6) is 1.11. The van der Waals surface area contributed by atoms with Crippen molar-refractivity contribution in [3.05, 3.63) is 46.6 Å². The van der Waals surface area contributed by atoms with Gasteiger partial charge in [0.1, 0.15) is 5.82 Å². The Labute approximate surface area is 171 Å². The third kappa shape index (κ3) is 3.87. The molecule has 0 saturated heterocycles. The van der Waals surface area contributed by atoms with Crippen LogP contribution in [0, 0.1) is 5.41 Å². The predicted octanol–water partition coefficient (Wildman–Crippen LogP) is 3.12. The number of halogens is 1. The lowest BCUT2D eigenvalue weighted by Gasteiger charge is -2.27. The van der Waals surface area contributed by atoms with Gasteiger partial charge in [-0.1, -0.05) is 37.6 Å². The Bertz CT molecular complexity index is 988. The van der Waals surface area contributed by atoms with Gasteiger partial charge in [-0.2, -0.15) is 9.61 Å². The number of hydrogen-bond acceptors (Lipinski definition) is 3. The van der Waals surface area contributed by atoms with Crippen LogP contribution in [-0.2, 0) is 12.8 Å². The smallest absolute Gasteiger partial charge is 0.158 e. The van der Waals surface area contributed by atoms with Crippen LogP contribution in [0.15, 0.2) is 30.3 Å². The average Bonchev–Trinajstić information content (AvgIpc) is 3.24. The molecule has 1 aromatic carbocycles. The molecule has 0 bridgehead atoms. The molecule has 0 unspecified atom stereocenters. The van der Waals surface area contributed by atoms with Gasteiger partial charge < -0.3 is 10.2 Å². The molecule has 1 aliphatic rings. The summed E-state index contributed by atoms with van der Waals surface area (Å²) in [5, 5.41) is 9.36. The molecule has 3 aromatic rings. The van der Waals surface area contributed by atoms with Gasteiger partial charge in [0.2, 0.25) is 0 Å². The Morgan fingerprint density at radius 3 is 2.64 bits per heavy atom. The highest BCUT2D eigenvalue weighted by atomic mass is 35.5. The topological polar surface area (TPSA) is 46.7 Å². The van der Waals surface area contributed by atoms with Gasteiger partial charge >= 0.3 is 0 Å². The number of aromatic nitrogens is 3. The zero-order chi connectivity index (χ0) is 19.9. The maximum absolute atomic E-state index is 6.04. The molecular weight excluding hydrogens is 370 g/mol. The summed E-state index contributed by atoms with van der Waals surface area (Å²) < 4.78 is 1.99. The molecule has 5 nitrogen and oxygen atoms in total. The number of anilines is 1. The fourth-order valence-corrected chi connectivity index (χ4v) is 4.40. The molecule has 0 amide bonds. The molecule has 4 rings (SSSR count). The molecule has 0 atom stereocenters. The van der Waals surface area contributed by atoms with Gasteiger partial charge in [-0.05, 0) is 31.4 Å². The van der Waals surface area contributed by atoms with E-state index in [1.54, 1.807) is 0 Å². The lowest BCUT2D eigenvalue weighted by molar-refractivity contribution is -0.865. The highest BCUT2D eigenvalue weighted by Gasteiger charge is 2.25. The van der Waals surface area contributed by atoms with Crippen LogP contribution in [0.25, 0.3) is 16.9 Å². The average molecular weight is 399 g/mol. The summed E-state index contributed by atoms with van der Waals surface area (Å²) >= 11 is 6.04. The molecule has 6 heteroatoms. The summed E-state index contributed by atoms with van der Waals surface area (Å²) in [5.41, 5.74) is 5.61. The Kier molecular flexibility index (Phi) is 5.06. The first-order valence-corrected chi connectivity index (χ1v) is 10.4. The van der Waals surface area contributed by atoms with E-state index in [0.29, 0.717) is 0 Å². The van der Waals surface area contributed by atoms with E-state index >= 15 is 0 Å². The molecule has 2 aromatic heterocycles. The summed E-state index contributed by atoms with van der Waals surface area (Å²) in [7, 11) is 4.41. The second-order valence-corrected chi connectivity index (χ2v) is 9.38. The lowest BCUT2D eigenvalue weighted by atomic mass is 9.93. The monoisotopic (exact) mass is 398 g/mol. The summed E-state index contributed by atoms with van der Waals surface area (Å²) in [6.07, 6.45) is 3.28. The lowest BCUT2D eigenvalue weighted by Crippen LogP contribution is -3.07. The summed E-state index contributed by atoms with van der Waals surface area (Å²) in [4.78, 5) is 6.36. The van der Waals surface area contributed by atoms with Crippen molar-refractivity contribution in [2.45, 2.75) is 33.1 Å². The molecule has 148 valence electrons. The van der Waals surface area contributed by atoms with Crippen molar-refractivity contribution in [3.8, 4) is 11.3 Å². The van der Waals surface area contributed by atoms with Crippen molar-refractivity contribution in [2.24, 2.45) is 5.41 Å². The number of quaternary nitrogens is 1. The van der Waals surface area contributed by atoms with Crippen molar-refractivity contribution in [3.63, 3.8) is 0 Å². The van der Waals surface area contributed by atoms with Crippen LogP contribution in [0.3, 0.4) is 0 Å². The maximum atomic E-state index is 6.04. The van der Waals surface area contributed by atoms with Gasteiger partial charge in [0, 0.05) is 39.9 Å². The quantitative estimate of drug-likeness (QED) is 0.670. The first kappa shape index (κ1) is 19.2. The van der Waals surface area contributed by atoms with E-state index in [1.807, 2.05) is 28.8 Å². The molecular formula is C22H29ClN5+. The standard InChI is InChI=1S/C22H28ClN5/c1-22(2,14-27(3)4)13-24-21-17-6-5-7-18(17)25-20-12-19(26-28(20)21)15-8-10-16(23)11-9-15/h8-12,24H,5-7,13-14H2,1-4H3/p+1. The Hall–Kier alpha value is -2.11. The van der Waals surface area contributed by atoms with Crippen molar-refractivity contribution in [2.75, 3.05) is 32.5 Å². The van der Waals surface area contributed by atoms with E-state index < -0.39 is 0 Å². The van der Waals surface area contributed by atoms with Gasteiger partial charge in [-0.25, -0.2) is 4.98 Å². The van der Waals surface area contributed by atoms with Crippen LogP contribution in [0.4, 0.5) is 5.82 Å². The second-order valence-electron chi connectivity index (χ2n) is 8.95. The number of fused-ring (bicyclic) bond motifs is 2. The third-order valence-electron chi connectivity index (χ3n) is 5.33. The van der Waals surface area contributed by atoms with E-state index in [0.717, 1.165) is 53.7 Å². The minimum Gasteiger partial charge on any atom is -0.369 e. The van der Waals surface area contributed by atoms with E-state index in [2.05, 4.69) is 39.3 Å². The SMILES string of the molecule is C[NH+](C)CC(C)(C)CNc1c2c(nc3cc(-c4ccc(Cl)cc4)nn13)CCC2. The largest absolute Gasteiger partial charge is 0.369 e. The molecule has 0 spiro atoms. The normalized spacial score (nSPS) is 14.1. The molecule has 2 heterocycles. The molecule has 0 aliphatic heterocycles. The Morgan fingerprint density at radius 1 is 1.18 bits per heavy atom. The van der Waals surface area contributed by atoms with Crippen molar-refractivity contribution >= 4 is 23.1 Å². The van der Waals surface area contributed by atoms with Crippen LogP contribution in [0.5, 0.6) is 0 Å². The van der Waals surface area contributed by atoms with Crippen LogP contribution >= 0.6 is 11.6 Å². The fourth-order valence-electron chi connectivity index (χ4n) is 4.27. The number of benzene rings is 1. The van der Waals surface area contributed by atoms with Crippen LogP contribution in [0.1, 0.15) is 31.5 Å². The molecule has 1 aliphatic carbocycles. The second kappa shape index (κ2) is 7.37. The number of aryl methyl sites for hydroxylation is 1. The number of nitrogens with one attached hydrogen (secondary N) is 2. The molecule has 28 heavy (non-hydrogen) atoms. The first-order valence-electron chi connectivity index (χ1n) is 10.0. The van der Waals surface area contributed by atoms with E-state index in [-0.39, 0.29) is 5.41 Å². The van der Waals surface area contributed by atoms with Crippen molar-refractivity contribution < 1.29 is 4.90 Å². The highest BCUT2D eigenvalue weighted by molar-refractivity contribution is 6.30. The van der Waals surface area contributed by atoms with Crippen LogP contribution in [-0.4, -0.2) is 41.8 Å². The Morgan fingerprint density at radius 2 is 1.93 bits per heavy atom. The highest BCUT2D eigenvalue weighted by Crippen LogP contribution is 2.31. The van der Waals surface area contributed by atoms with Crippen LogP contribution in [0.2, 0.25) is 5.02 Å². The maximum Gasteiger partial charge on any atom is 0.158 e. The molecule has 0 fully saturated rings. The number of nitrogens with zero attached hydrogens (tertiary/aromatic N) is 3. The zero-order valence-electron chi connectivity index (χ0n) is 17.1. The van der Waals surface area contributed by atoms with E-state index in [9.17, 15) is 0 Å². The zero-order valence-corrected chi connectivity index (χ0v) is 17.9. The van der Waals surface area contributed by atoms with Gasteiger partial charge in [0.15, 0.2) is 5.65 Å². The molecule has 2 N–H and O–H groups in total. The molecule has 0 saturated carbocycles. The number of hydrogen-bond donors (Lipinski definition) is 2. The van der Waals surface area contributed by atoms with Crippen molar-refractivity contribution in [1.82, 2.24) is 14.6 Å². The van der Waals surface area contributed by atoms with E-state index in [4.69, 9.17) is 21.7 Å². The first-order chi connectivity index (χ1) is 13.3. The molecule has 0 radical (unpaired) electrons. The van der Waals surface area contributed by atoms with Gasteiger partial charge in [-0.15, -0.1) is 0 Å². The minimum atomic E-state index is 0.187. The minimum absolute atomic E-state index is 0.187. The van der Waals surface area contributed by atoms with E-state index in [1.165, 1.54) is 22.6 Å². The number of rotatable bonds is 6. The predicted molar refractivity (Wildman–Crippen MR) is 115 cm³/mol. The summed E-state index contributed by atoms with van der Waals surface area (Å²) in [6, 6.07) is 9.89.